The maximum atomic E-state index is 12.1. The number of aliphatic hydroxyl groups is 1. The van der Waals surface area contributed by atoms with Crippen molar-refractivity contribution < 1.29 is 14.6 Å². The number of amides is 1. The molecular formula is C14H18Cl2N2O3. The molecule has 1 aliphatic heterocycles. The molecule has 1 N–H and O–H groups in total. The fraction of sp³-hybridized carbons (Fsp3) is 0.500. The van der Waals surface area contributed by atoms with Gasteiger partial charge in [-0.2, -0.15) is 0 Å². The van der Waals surface area contributed by atoms with Crippen LogP contribution in [-0.4, -0.2) is 66.8 Å². The summed E-state index contributed by atoms with van der Waals surface area (Å²) in [7, 11) is 0. The molecule has 1 amide bonds. The van der Waals surface area contributed by atoms with Gasteiger partial charge in [0, 0.05) is 38.8 Å². The second-order valence-corrected chi connectivity index (χ2v) is 5.63. The highest BCUT2D eigenvalue weighted by Gasteiger charge is 2.20. The fourth-order valence-corrected chi connectivity index (χ4v) is 2.45. The minimum Gasteiger partial charge on any atom is -0.484 e. The average Bonchev–Trinajstić information content (AvgIpc) is 2.49. The summed E-state index contributed by atoms with van der Waals surface area (Å²) in [5.41, 5.74) is 0. The molecule has 7 heteroatoms. The zero-order valence-electron chi connectivity index (χ0n) is 11.6. The number of hydrogen-bond donors (Lipinski definition) is 1. The third-order valence-corrected chi connectivity index (χ3v) is 4.13. The molecule has 0 aromatic heterocycles. The van der Waals surface area contributed by atoms with Gasteiger partial charge in [0.15, 0.2) is 6.61 Å². The molecule has 0 atom stereocenters. The van der Waals surface area contributed by atoms with Gasteiger partial charge in [0.25, 0.3) is 5.91 Å². The molecule has 2 rings (SSSR count). The molecule has 1 aromatic rings. The van der Waals surface area contributed by atoms with Crippen LogP contribution >= 0.6 is 23.2 Å². The Labute approximate surface area is 134 Å². The Morgan fingerprint density at radius 2 is 1.90 bits per heavy atom. The van der Waals surface area contributed by atoms with Gasteiger partial charge in [0.1, 0.15) is 5.75 Å². The summed E-state index contributed by atoms with van der Waals surface area (Å²) in [4.78, 5) is 16.0. The van der Waals surface area contributed by atoms with E-state index in [2.05, 4.69) is 4.90 Å². The van der Waals surface area contributed by atoms with Crippen molar-refractivity contribution in [3.63, 3.8) is 0 Å². The van der Waals surface area contributed by atoms with E-state index in [0.717, 1.165) is 13.1 Å². The number of ether oxygens (including phenoxy) is 1. The zero-order chi connectivity index (χ0) is 15.2. The van der Waals surface area contributed by atoms with Gasteiger partial charge in [-0.25, -0.2) is 0 Å². The van der Waals surface area contributed by atoms with E-state index < -0.39 is 0 Å². The van der Waals surface area contributed by atoms with Crippen molar-refractivity contribution in [3.05, 3.63) is 28.2 Å². The summed E-state index contributed by atoms with van der Waals surface area (Å²) in [5.74, 6) is 0.474. The van der Waals surface area contributed by atoms with E-state index in [1.54, 1.807) is 23.1 Å². The molecule has 1 fully saturated rings. The summed E-state index contributed by atoms with van der Waals surface area (Å²) in [6.45, 7) is 3.65. The lowest BCUT2D eigenvalue weighted by molar-refractivity contribution is -0.135. The van der Waals surface area contributed by atoms with E-state index in [1.807, 2.05) is 0 Å². The van der Waals surface area contributed by atoms with Gasteiger partial charge in [-0.15, -0.1) is 0 Å². The smallest absolute Gasteiger partial charge is 0.260 e. The third kappa shape index (κ3) is 4.74. The summed E-state index contributed by atoms with van der Waals surface area (Å²) in [6.07, 6.45) is 0. The molecule has 0 aliphatic carbocycles. The summed E-state index contributed by atoms with van der Waals surface area (Å²) in [6, 6.07) is 4.91. The van der Waals surface area contributed by atoms with Crippen LogP contribution < -0.4 is 4.74 Å². The highest BCUT2D eigenvalue weighted by Crippen LogP contribution is 2.26. The van der Waals surface area contributed by atoms with E-state index in [9.17, 15) is 4.79 Å². The van der Waals surface area contributed by atoms with Gasteiger partial charge in [0.05, 0.1) is 16.7 Å². The van der Waals surface area contributed by atoms with Gasteiger partial charge in [-0.1, -0.05) is 23.2 Å². The number of carbonyl (C=O) groups excluding carboxylic acids is 1. The number of aliphatic hydroxyl groups excluding tert-OH is 1. The minimum atomic E-state index is -0.0512. The zero-order valence-corrected chi connectivity index (χ0v) is 13.1. The monoisotopic (exact) mass is 332 g/mol. The maximum absolute atomic E-state index is 12.1. The van der Waals surface area contributed by atoms with Crippen molar-refractivity contribution in [2.24, 2.45) is 0 Å². The second-order valence-electron chi connectivity index (χ2n) is 4.81. The molecule has 116 valence electrons. The van der Waals surface area contributed by atoms with Crippen molar-refractivity contribution >= 4 is 29.1 Å². The number of hydrogen-bond acceptors (Lipinski definition) is 4. The van der Waals surface area contributed by atoms with E-state index in [4.69, 9.17) is 33.0 Å². The molecule has 5 nitrogen and oxygen atoms in total. The quantitative estimate of drug-likeness (QED) is 0.888. The summed E-state index contributed by atoms with van der Waals surface area (Å²) in [5, 5.41) is 9.74. The largest absolute Gasteiger partial charge is 0.484 e. The van der Waals surface area contributed by atoms with Gasteiger partial charge in [-0.3, -0.25) is 9.69 Å². The number of benzene rings is 1. The van der Waals surface area contributed by atoms with Gasteiger partial charge < -0.3 is 14.7 Å². The van der Waals surface area contributed by atoms with Crippen LogP contribution in [0.2, 0.25) is 10.0 Å². The molecule has 1 aliphatic rings. The predicted octanol–water partition coefficient (Wildman–Crippen LogP) is 1.51. The lowest BCUT2D eigenvalue weighted by Crippen LogP contribution is -2.50. The van der Waals surface area contributed by atoms with E-state index in [1.165, 1.54) is 0 Å². The van der Waals surface area contributed by atoms with E-state index >= 15 is 0 Å². The summed E-state index contributed by atoms with van der Waals surface area (Å²) < 4.78 is 5.44. The van der Waals surface area contributed by atoms with Crippen LogP contribution in [0.5, 0.6) is 5.75 Å². The molecule has 1 heterocycles. The van der Waals surface area contributed by atoms with Crippen molar-refractivity contribution in [1.82, 2.24) is 9.80 Å². The van der Waals surface area contributed by atoms with E-state index in [-0.39, 0.29) is 19.1 Å². The lowest BCUT2D eigenvalue weighted by atomic mass is 10.3. The topological polar surface area (TPSA) is 53.0 Å². The van der Waals surface area contributed by atoms with Gasteiger partial charge in [0.2, 0.25) is 0 Å². The predicted molar refractivity (Wildman–Crippen MR) is 82.1 cm³/mol. The molecular weight excluding hydrogens is 315 g/mol. The maximum Gasteiger partial charge on any atom is 0.260 e. The Morgan fingerprint density at radius 1 is 1.19 bits per heavy atom. The van der Waals surface area contributed by atoms with Crippen LogP contribution in [-0.2, 0) is 4.79 Å². The Morgan fingerprint density at radius 3 is 2.52 bits per heavy atom. The number of rotatable bonds is 5. The number of β-amino-alcohol motifs (C(OH)–C–C–N with tert-alkyl or cyclic N) is 1. The van der Waals surface area contributed by atoms with Crippen molar-refractivity contribution in [1.29, 1.82) is 0 Å². The van der Waals surface area contributed by atoms with Crippen LogP contribution in [0.3, 0.4) is 0 Å². The van der Waals surface area contributed by atoms with Crippen LogP contribution in [0.15, 0.2) is 18.2 Å². The summed E-state index contributed by atoms with van der Waals surface area (Å²) >= 11 is 11.7. The van der Waals surface area contributed by atoms with Crippen molar-refractivity contribution in [3.8, 4) is 5.75 Å². The number of nitrogens with zero attached hydrogens (tertiary/aromatic N) is 2. The third-order valence-electron chi connectivity index (χ3n) is 3.39. The van der Waals surface area contributed by atoms with Crippen LogP contribution in [0.25, 0.3) is 0 Å². The molecule has 1 aromatic carbocycles. The van der Waals surface area contributed by atoms with Crippen LogP contribution in [0.1, 0.15) is 0 Å². The standard InChI is InChI=1S/C14H18Cl2N2O3/c15-12-2-1-11(9-13(12)16)21-10-14(20)18-5-3-17(4-6-18)7-8-19/h1-2,9,19H,3-8,10H2. The number of halogens is 2. The average molecular weight is 333 g/mol. The lowest BCUT2D eigenvalue weighted by Gasteiger charge is -2.34. The van der Waals surface area contributed by atoms with Crippen molar-refractivity contribution in [2.45, 2.75) is 0 Å². The minimum absolute atomic E-state index is 0.0159. The van der Waals surface area contributed by atoms with Crippen LogP contribution in [0, 0.1) is 0 Å². The molecule has 0 spiro atoms. The normalized spacial score (nSPS) is 16.0. The number of piperazine rings is 1. The molecule has 0 unspecified atom stereocenters. The molecule has 0 radical (unpaired) electrons. The van der Waals surface area contributed by atoms with Crippen molar-refractivity contribution in [2.75, 3.05) is 45.9 Å². The Balaban J connectivity index is 1.78. The first-order valence-electron chi connectivity index (χ1n) is 6.79. The van der Waals surface area contributed by atoms with Crippen LogP contribution in [0.4, 0.5) is 0 Å². The van der Waals surface area contributed by atoms with E-state index in [0.29, 0.717) is 35.4 Å². The van der Waals surface area contributed by atoms with Gasteiger partial charge in [-0.05, 0) is 12.1 Å². The second kappa shape index (κ2) is 7.84. The first kappa shape index (κ1) is 16.4. The Bertz CT molecular complexity index is 491. The number of carbonyl (C=O) groups is 1. The van der Waals surface area contributed by atoms with Gasteiger partial charge >= 0.3 is 0 Å². The Hall–Kier alpha value is -1.01. The Kier molecular flexibility index (Phi) is 6.11. The molecule has 21 heavy (non-hydrogen) atoms. The molecule has 0 bridgehead atoms. The first-order valence-corrected chi connectivity index (χ1v) is 7.54. The fourth-order valence-electron chi connectivity index (χ4n) is 2.17. The first-order chi connectivity index (χ1) is 10.1. The molecule has 1 saturated heterocycles. The highest BCUT2D eigenvalue weighted by atomic mass is 35.5. The SMILES string of the molecule is O=C(COc1ccc(Cl)c(Cl)c1)N1CCN(CCO)CC1. The molecule has 0 saturated carbocycles. The highest BCUT2D eigenvalue weighted by molar-refractivity contribution is 6.42.